The van der Waals surface area contributed by atoms with Crippen molar-refractivity contribution in [2.24, 2.45) is 5.73 Å². The fourth-order valence-corrected chi connectivity index (χ4v) is 1.83. The highest BCUT2D eigenvalue weighted by Gasteiger charge is 2.18. The van der Waals surface area contributed by atoms with Crippen LogP contribution < -0.4 is 5.73 Å². The lowest BCUT2D eigenvalue weighted by atomic mass is 9.94. The Morgan fingerprint density at radius 3 is 2.86 bits per heavy atom. The van der Waals surface area contributed by atoms with E-state index in [4.69, 9.17) is 10.5 Å². The van der Waals surface area contributed by atoms with E-state index in [1.54, 1.807) is 6.20 Å². The van der Waals surface area contributed by atoms with Gasteiger partial charge >= 0.3 is 0 Å². The second kappa shape index (κ2) is 4.57. The predicted octanol–water partition coefficient (Wildman–Crippen LogP) is 1.20. The Kier molecular flexibility index (Phi) is 3.16. The van der Waals surface area contributed by atoms with Crippen molar-refractivity contribution in [3.63, 3.8) is 0 Å². The third-order valence-electron chi connectivity index (χ3n) is 2.76. The van der Waals surface area contributed by atoms with Crippen molar-refractivity contribution in [3.8, 4) is 0 Å². The summed E-state index contributed by atoms with van der Waals surface area (Å²) in [5.41, 5.74) is 6.93. The van der Waals surface area contributed by atoms with Crippen LogP contribution in [-0.2, 0) is 11.3 Å². The summed E-state index contributed by atoms with van der Waals surface area (Å²) in [6.45, 7) is 0.663. The number of ether oxygens (including phenoxy) is 1. The van der Waals surface area contributed by atoms with Gasteiger partial charge in [0.25, 0.3) is 0 Å². The van der Waals surface area contributed by atoms with Gasteiger partial charge < -0.3 is 10.5 Å². The Hall–Kier alpha value is -0.870. The molecule has 0 aromatic carbocycles. The number of rotatable bonds is 3. The zero-order valence-corrected chi connectivity index (χ0v) is 8.28. The topological polar surface area (TPSA) is 63.9 Å². The smallest absolute Gasteiger partial charge is 0.0751 e. The van der Waals surface area contributed by atoms with Gasteiger partial charge in [0.05, 0.1) is 18.9 Å². The fourth-order valence-electron chi connectivity index (χ4n) is 1.83. The summed E-state index contributed by atoms with van der Waals surface area (Å²) in [7, 11) is 0. The van der Waals surface area contributed by atoms with Crippen LogP contribution in [0.4, 0.5) is 0 Å². The molecule has 0 radical (unpaired) electrons. The SMILES string of the molecule is NC1CCC(OCc2cn[nH]c2)CC1. The molecule has 1 aromatic rings. The molecule has 0 unspecified atom stereocenters. The van der Waals surface area contributed by atoms with E-state index in [1.807, 2.05) is 6.20 Å². The van der Waals surface area contributed by atoms with Crippen LogP contribution in [0.5, 0.6) is 0 Å². The van der Waals surface area contributed by atoms with Crippen molar-refractivity contribution >= 4 is 0 Å². The quantitative estimate of drug-likeness (QED) is 0.761. The first-order valence-electron chi connectivity index (χ1n) is 5.19. The average molecular weight is 195 g/mol. The van der Waals surface area contributed by atoms with E-state index < -0.39 is 0 Å². The van der Waals surface area contributed by atoms with Crippen molar-refractivity contribution in [2.45, 2.75) is 44.4 Å². The lowest BCUT2D eigenvalue weighted by Gasteiger charge is -2.25. The molecular formula is C10H17N3O. The van der Waals surface area contributed by atoms with E-state index in [2.05, 4.69) is 10.2 Å². The molecule has 4 nitrogen and oxygen atoms in total. The maximum atomic E-state index is 5.82. The van der Waals surface area contributed by atoms with E-state index >= 15 is 0 Å². The number of aromatic amines is 1. The number of nitrogens with one attached hydrogen (secondary N) is 1. The van der Waals surface area contributed by atoms with Crippen LogP contribution in [0.25, 0.3) is 0 Å². The van der Waals surface area contributed by atoms with Crippen LogP contribution in [0, 0.1) is 0 Å². The van der Waals surface area contributed by atoms with Crippen molar-refractivity contribution in [3.05, 3.63) is 18.0 Å². The molecule has 1 fully saturated rings. The summed E-state index contributed by atoms with van der Waals surface area (Å²) in [5.74, 6) is 0. The fraction of sp³-hybridized carbons (Fsp3) is 0.700. The van der Waals surface area contributed by atoms with E-state index in [0.717, 1.165) is 31.2 Å². The summed E-state index contributed by atoms with van der Waals surface area (Å²) in [6.07, 6.45) is 8.44. The van der Waals surface area contributed by atoms with E-state index in [-0.39, 0.29) is 0 Å². The standard InChI is InChI=1S/C10H17N3O/c11-9-1-3-10(4-2-9)14-7-8-5-12-13-6-8/h5-6,9-10H,1-4,7,11H2,(H,12,13). The van der Waals surface area contributed by atoms with Gasteiger partial charge in [-0.3, -0.25) is 5.10 Å². The number of nitrogens with zero attached hydrogens (tertiary/aromatic N) is 1. The Balaban J connectivity index is 1.71. The molecule has 78 valence electrons. The molecular weight excluding hydrogens is 178 g/mol. The van der Waals surface area contributed by atoms with Gasteiger partial charge in [0.2, 0.25) is 0 Å². The molecule has 0 atom stereocenters. The number of H-pyrrole nitrogens is 1. The number of aromatic nitrogens is 2. The van der Waals surface area contributed by atoms with E-state index in [1.165, 1.54) is 0 Å². The number of hydrogen-bond acceptors (Lipinski definition) is 3. The highest BCUT2D eigenvalue weighted by atomic mass is 16.5. The summed E-state index contributed by atoms with van der Waals surface area (Å²) < 4.78 is 5.76. The average Bonchev–Trinajstić information content (AvgIpc) is 2.70. The first-order chi connectivity index (χ1) is 6.84. The molecule has 3 N–H and O–H groups in total. The van der Waals surface area contributed by atoms with Crippen LogP contribution in [0.1, 0.15) is 31.2 Å². The molecule has 0 aliphatic heterocycles. The lowest BCUT2D eigenvalue weighted by Crippen LogP contribution is -2.30. The Morgan fingerprint density at radius 2 is 2.21 bits per heavy atom. The van der Waals surface area contributed by atoms with Crippen molar-refractivity contribution in [1.82, 2.24) is 10.2 Å². The molecule has 14 heavy (non-hydrogen) atoms. The van der Waals surface area contributed by atoms with Crippen LogP contribution in [-0.4, -0.2) is 22.3 Å². The number of hydrogen-bond donors (Lipinski definition) is 2. The Labute approximate surface area is 83.8 Å². The molecule has 1 aliphatic rings. The molecule has 0 bridgehead atoms. The van der Waals surface area contributed by atoms with Gasteiger partial charge in [-0.15, -0.1) is 0 Å². The Morgan fingerprint density at radius 1 is 1.43 bits per heavy atom. The second-order valence-corrected chi connectivity index (χ2v) is 3.95. The monoisotopic (exact) mass is 195 g/mol. The minimum Gasteiger partial charge on any atom is -0.373 e. The summed E-state index contributed by atoms with van der Waals surface area (Å²) in [6, 6.07) is 0.392. The minimum atomic E-state index is 0.392. The minimum absolute atomic E-state index is 0.392. The van der Waals surface area contributed by atoms with Gasteiger partial charge in [-0.05, 0) is 25.7 Å². The normalized spacial score (nSPS) is 27.8. The molecule has 0 saturated heterocycles. The molecule has 0 spiro atoms. The summed E-state index contributed by atoms with van der Waals surface area (Å²) >= 11 is 0. The van der Waals surface area contributed by atoms with Gasteiger partial charge in [-0.25, -0.2) is 0 Å². The van der Waals surface area contributed by atoms with Gasteiger partial charge in [0.15, 0.2) is 0 Å². The molecule has 1 aromatic heterocycles. The molecule has 4 heteroatoms. The lowest BCUT2D eigenvalue weighted by molar-refractivity contribution is 0.0138. The van der Waals surface area contributed by atoms with Crippen LogP contribution in [0.15, 0.2) is 12.4 Å². The van der Waals surface area contributed by atoms with Crippen LogP contribution >= 0.6 is 0 Å². The third-order valence-corrected chi connectivity index (χ3v) is 2.76. The predicted molar refractivity (Wildman–Crippen MR) is 53.6 cm³/mol. The first-order valence-corrected chi connectivity index (χ1v) is 5.19. The largest absolute Gasteiger partial charge is 0.373 e. The zero-order chi connectivity index (χ0) is 9.80. The van der Waals surface area contributed by atoms with Crippen LogP contribution in [0.3, 0.4) is 0 Å². The molecule has 1 heterocycles. The van der Waals surface area contributed by atoms with E-state index in [9.17, 15) is 0 Å². The van der Waals surface area contributed by atoms with Crippen LogP contribution in [0.2, 0.25) is 0 Å². The first kappa shape index (κ1) is 9.68. The molecule has 1 aliphatic carbocycles. The summed E-state index contributed by atoms with van der Waals surface area (Å²) in [5, 5.41) is 6.65. The van der Waals surface area contributed by atoms with Gasteiger partial charge in [-0.2, -0.15) is 5.10 Å². The van der Waals surface area contributed by atoms with Crippen molar-refractivity contribution < 1.29 is 4.74 Å². The maximum absolute atomic E-state index is 5.82. The molecule has 2 rings (SSSR count). The third kappa shape index (κ3) is 2.56. The zero-order valence-electron chi connectivity index (χ0n) is 8.28. The maximum Gasteiger partial charge on any atom is 0.0751 e. The van der Waals surface area contributed by atoms with Crippen molar-refractivity contribution in [2.75, 3.05) is 0 Å². The Bertz CT molecular complexity index is 252. The highest BCUT2D eigenvalue weighted by Crippen LogP contribution is 2.20. The summed E-state index contributed by atoms with van der Waals surface area (Å²) in [4.78, 5) is 0. The molecule has 0 amide bonds. The second-order valence-electron chi connectivity index (χ2n) is 3.95. The van der Waals surface area contributed by atoms with Gasteiger partial charge in [-0.1, -0.05) is 0 Å². The van der Waals surface area contributed by atoms with Crippen molar-refractivity contribution in [1.29, 1.82) is 0 Å². The highest BCUT2D eigenvalue weighted by molar-refractivity contribution is 5.00. The van der Waals surface area contributed by atoms with Gasteiger partial charge in [0.1, 0.15) is 0 Å². The molecule has 1 saturated carbocycles. The van der Waals surface area contributed by atoms with E-state index in [0.29, 0.717) is 18.8 Å². The number of nitrogens with two attached hydrogens (primary N) is 1. The van der Waals surface area contributed by atoms with Gasteiger partial charge in [0, 0.05) is 17.8 Å².